The van der Waals surface area contributed by atoms with Crippen LogP contribution in [0.25, 0.3) is 0 Å². The Kier molecular flexibility index (Phi) is 6.37. The first kappa shape index (κ1) is 16.4. The molecule has 0 aromatic heterocycles. The highest BCUT2D eigenvalue weighted by atomic mass is 35.5. The van der Waals surface area contributed by atoms with E-state index in [0.717, 1.165) is 0 Å². The van der Waals surface area contributed by atoms with E-state index in [9.17, 15) is 14.9 Å². The SMILES string of the molecule is COCCN(CCO)C(=O)c1cccc([N+](=O)[O-])c1Cl. The van der Waals surface area contributed by atoms with Gasteiger partial charge in [0.05, 0.1) is 23.7 Å². The summed E-state index contributed by atoms with van der Waals surface area (Å²) in [7, 11) is 1.49. The highest BCUT2D eigenvalue weighted by molar-refractivity contribution is 6.35. The normalized spacial score (nSPS) is 10.3. The van der Waals surface area contributed by atoms with E-state index in [1.165, 1.54) is 30.2 Å². The Balaban J connectivity index is 3.05. The first-order valence-corrected chi connectivity index (χ1v) is 6.22. The molecule has 110 valence electrons. The highest BCUT2D eigenvalue weighted by Gasteiger charge is 2.23. The van der Waals surface area contributed by atoms with Gasteiger partial charge in [0.25, 0.3) is 11.6 Å². The van der Waals surface area contributed by atoms with Crippen molar-refractivity contribution >= 4 is 23.2 Å². The quantitative estimate of drug-likeness (QED) is 0.606. The molecule has 1 amide bonds. The molecule has 1 aromatic carbocycles. The fourth-order valence-corrected chi connectivity index (χ4v) is 1.91. The minimum absolute atomic E-state index is 0.0328. The molecule has 7 nitrogen and oxygen atoms in total. The van der Waals surface area contributed by atoms with Gasteiger partial charge in [-0.2, -0.15) is 0 Å². The molecule has 0 atom stereocenters. The van der Waals surface area contributed by atoms with Gasteiger partial charge in [0.15, 0.2) is 0 Å². The molecule has 0 spiro atoms. The molecule has 0 radical (unpaired) electrons. The molecule has 8 heteroatoms. The topological polar surface area (TPSA) is 92.9 Å². The van der Waals surface area contributed by atoms with Gasteiger partial charge in [-0.15, -0.1) is 0 Å². The zero-order valence-corrected chi connectivity index (χ0v) is 11.7. The van der Waals surface area contributed by atoms with E-state index >= 15 is 0 Å². The van der Waals surface area contributed by atoms with Crippen LogP contribution >= 0.6 is 11.6 Å². The van der Waals surface area contributed by atoms with Gasteiger partial charge in [-0.1, -0.05) is 17.7 Å². The molecule has 0 unspecified atom stereocenters. The van der Waals surface area contributed by atoms with Crippen molar-refractivity contribution in [1.29, 1.82) is 0 Å². The van der Waals surface area contributed by atoms with E-state index in [0.29, 0.717) is 0 Å². The second kappa shape index (κ2) is 7.78. The fourth-order valence-electron chi connectivity index (χ4n) is 1.63. The maximum atomic E-state index is 12.3. The summed E-state index contributed by atoms with van der Waals surface area (Å²) < 4.78 is 4.88. The van der Waals surface area contributed by atoms with Crippen LogP contribution in [0.1, 0.15) is 10.4 Å². The third kappa shape index (κ3) is 3.89. The van der Waals surface area contributed by atoms with Crippen LogP contribution < -0.4 is 0 Å². The van der Waals surface area contributed by atoms with Crippen molar-refractivity contribution in [2.75, 3.05) is 33.4 Å². The summed E-state index contributed by atoms with van der Waals surface area (Å²) >= 11 is 5.89. The zero-order valence-electron chi connectivity index (χ0n) is 10.9. The minimum Gasteiger partial charge on any atom is -0.395 e. The molecule has 0 bridgehead atoms. The molecule has 0 saturated heterocycles. The van der Waals surface area contributed by atoms with Crippen LogP contribution in [0, 0.1) is 10.1 Å². The lowest BCUT2D eigenvalue weighted by atomic mass is 10.1. The number of methoxy groups -OCH3 is 1. The van der Waals surface area contributed by atoms with E-state index in [4.69, 9.17) is 21.4 Å². The number of halogens is 1. The minimum atomic E-state index is -0.648. The zero-order chi connectivity index (χ0) is 15.1. The molecule has 0 fully saturated rings. The van der Waals surface area contributed by atoms with Crippen LogP contribution in [0.5, 0.6) is 0 Å². The van der Waals surface area contributed by atoms with Crippen LogP contribution in [0.15, 0.2) is 18.2 Å². The standard InChI is InChI=1S/C12H15ClN2O5/c1-20-8-6-14(5-7-16)12(17)9-3-2-4-10(11(9)13)15(18)19/h2-4,16H,5-8H2,1H3. The van der Waals surface area contributed by atoms with Gasteiger partial charge in [-0.05, 0) is 6.07 Å². The number of nitro benzene ring substituents is 1. The Labute approximate surface area is 120 Å². The number of rotatable bonds is 7. The number of benzene rings is 1. The molecular formula is C12H15ClN2O5. The summed E-state index contributed by atoms with van der Waals surface area (Å²) in [5.41, 5.74) is -0.293. The lowest BCUT2D eigenvalue weighted by Crippen LogP contribution is -2.36. The molecule has 0 aliphatic carbocycles. The number of hydrogen-bond acceptors (Lipinski definition) is 5. The van der Waals surface area contributed by atoms with Gasteiger partial charge >= 0.3 is 0 Å². The third-order valence-corrected chi connectivity index (χ3v) is 3.03. The Morgan fingerprint density at radius 1 is 1.50 bits per heavy atom. The van der Waals surface area contributed by atoms with Crippen LogP contribution in [0.4, 0.5) is 5.69 Å². The van der Waals surface area contributed by atoms with Gasteiger partial charge in [-0.3, -0.25) is 14.9 Å². The first-order valence-electron chi connectivity index (χ1n) is 5.85. The fraction of sp³-hybridized carbons (Fsp3) is 0.417. The number of amides is 1. The highest BCUT2D eigenvalue weighted by Crippen LogP contribution is 2.28. The number of carbonyl (C=O) groups excluding carboxylic acids is 1. The molecule has 1 N–H and O–H groups in total. The third-order valence-electron chi connectivity index (χ3n) is 2.63. The van der Waals surface area contributed by atoms with Gasteiger partial charge in [0.1, 0.15) is 5.02 Å². The second-order valence-electron chi connectivity index (χ2n) is 3.90. The number of aliphatic hydroxyl groups excluding tert-OH is 1. The van der Waals surface area contributed by atoms with Gasteiger partial charge in [-0.25, -0.2) is 0 Å². The molecule has 1 aromatic rings. The number of aliphatic hydroxyl groups is 1. The lowest BCUT2D eigenvalue weighted by Gasteiger charge is -2.21. The maximum Gasteiger partial charge on any atom is 0.288 e. The van der Waals surface area contributed by atoms with Crippen molar-refractivity contribution in [2.45, 2.75) is 0 Å². The summed E-state index contributed by atoms with van der Waals surface area (Å²) in [4.78, 5) is 23.8. The van der Waals surface area contributed by atoms with Crippen molar-refractivity contribution in [2.24, 2.45) is 0 Å². The smallest absolute Gasteiger partial charge is 0.288 e. The molecule has 0 aliphatic heterocycles. The van der Waals surface area contributed by atoms with Gasteiger partial charge < -0.3 is 14.7 Å². The summed E-state index contributed by atoms with van der Waals surface area (Å²) in [6.07, 6.45) is 0. The van der Waals surface area contributed by atoms with Crippen molar-refractivity contribution < 1.29 is 19.6 Å². The van der Waals surface area contributed by atoms with E-state index in [2.05, 4.69) is 0 Å². The van der Waals surface area contributed by atoms with Crippen molar-refractivity contribution in [3.05, 3.63) is 38.9 Å². The monoisotopic (exact) mass is 302 g/mol. The Morgan fingerprint density at radius 2 is 2.20 bits per heavy atom. The molecule has 0 aliphatic rings. The van der Waals surface area contributed by atoms with Crippen molar-refractivity contribution in [1.82, 2.24) is 4.90 Å². The van der Waals surface area contributed by atoms with E-state index in [-0.39, 0.29) is 42.6 Å². The average molecular weight is 303 g/mol. The Morgan fingerprint density at radius 3 is 2.75 bits per heavy atom. The van der Waals surface area contributed by atoms with Crippen LogP contribution in [-0.4, -0.2) is 54.3 Å². The van der Waals surface area contributed by atoms with Crippen LogP contribution in [0.3, 0.4) is 0 Å². The second-order valence-corrected chi connectivity index (χ2v) is 4.28. The number of nitro groups is 1. The van der Waals surface area contributed by atoms with Crippen molar-refractivity contribution in [3.8, 4) is 0 Å². The summed E-state index contributed by atoms with van der Waals surface area (Å²) in [6.45, 7) is 0.427. The summed E-state index contributed by atoms with van der Waals surface area (Å²) in [5.74, 6) is -0.482. The average Bonchev–Trinajstić information content (AvgIpc) is 2.42. The predicted octanol–water partition coefficient (Wildman–Crippen LogP) is 1.33. The molecular weight excluding hydrogens is 288 g/mol. The number of carbonyl (C=O) groups is 1. The number of ether oxygens (including phenoxy) is 1. The molecule has 0 saturated carbocycles. The maximum absolute atomic E-state index is 12.3. The molecule has 20 heavy (non-hydrogen) atoms. The number of nitrogens with zero attached hydrogens (tertiary/aromatic N) is 2. The molecule has 1 rings (SSSR count). The predicted molar refractivity (Wildman–Crippen MR) is 73.0 cm³/mol. The van der Waals surface area contributed by atoms with E-state index in [1.807, 2.05) is 0 Å². The van der Waals surface area contributed by atoms with Crippen LogP contribution in [-0.2, 0) is 4.74 Å². The van der Waals surface area contributed by atoms with E-state index < -0.39 is 10.8 Å². The Bertz CT molecular complexity index is 495. The Hall–Kier alpha value is -1.70. The summed E-state index contributed by atoms with van der Waals surface area (Å²) in [6, 6.07) is 4.03. The van der Waals surface area contributed by atoms with Gasteiger partial charge in [0, 0.05) is 26.3 Å². The van der Waals surface area contributed by atoms with Crippen molar-refractivity contribution in [3.63, 3.8) is 0 Å². The number of hydrogen-bond donors (Lipinski definition) is 1. The molecule has 0 heterocycles. The largest absolute Gasteiger partial charge is 0.395 e. The lowest BCUT2D eigenvalue weighted by molar-refractivity contribution is -0.384. The van der Waals surface area contributed by atoms with Gasteiger partial charge in [0.2, 0.25) is 0 Å². The van der Waals surface area contributed by atoms with Crippen LogP contribution in [0.2, 0.25) is 5.02 Å². The first-order chi connectivity index (χ1) is 9.52. The summed E-state index contributed by atoms with van der Waals surface area (Å²) in [5, 5.41) is 19.6. The van der Waals surface area contributed by atoms with E-state index in [1.54, 1.807) is 0 Å².